The smallest absolute Gasteiger partial charge is 0.228 e. The van der Waals surface area contributed by atoms with Crippen LogP contribution in [0, 0.1) is 0 Å². The highest BCUT2D eigenvalue weighted by Gasteiger charge is 2.17. The van der Waals surface area contributed by atoms with Gasteiger partial charge in [0.2, 0.25) is 5.91 Å². The Morgan fingerprint density at radius 3 is 3.06 bits per heavy atom. The summed E-state index contributed by atoms with van der Waals surface area (Å²) in [5.74, 6) is 0.0803. The van der Waals surface area contributed by atoms with Gasteiger partial charge in [-0.15, -0.1) is 0 Å². The molecule has 0 aliphatic carbocycles. The Balaban J connectivity index is 2.12. The van der Waals surface area contributed by atoms with Crippen LogP contribution in [0.15, 0.2) is 18.2 Å². The molecule has 1 aromatic carbocycles. The molecule has 0 aromatic heterocycles. The van der Waals surface area contributed by atoms with E-state index in [1.807, 2.05) is 19.2 Å². The van der Waals surface area contributed by atoms with Gasteiger partial charge in [0.05, 0.1) is 6.42 Å². The number of nitrogens with zero attached hydrogens (tertiary/aromatic N) is 1. The maximum atomic E-state index is 11.2. The number of fused-ring (bicyclic) bond motifs is 1. The zero-order valence-electron chi connectivity index (χ0n) is 9.49. The fourth-order valence-electron chi connectivity index (χ4n) is 1.91. The maximum absolute atomic E-state index is 11.2. The molecule has 0 saturated heterocycles. The molecule has 0 atom stereocenters. The second-order valence-corrected chi connectivity index (χ2v) is 4.13. The largest absolute Gasteiger partial charge is 0.375 e. The van der Waals surface area contributed by atoms with Crippen molar-refractivity contribution in [2.45, 2.75) is 12.8 Å². The molecule has 16 heavy (non-hydrogen) atoms. The Labute approximate surface area is 95.4 Å². The van der Waals surface area contributed by atoms with Crippen molar-refractivity contribution >= 4 is 17.3 Å². The number of nitrogens with two attached hydrogens (primary N) is 1. The van der Waals surface area contributed by atoms with E-state index in [9.17, 15) is 4.79 Å². The number of nitrogens with one attached hydrogen (secondary N) is 1. The van der Waals surface area contributed by atoms with Crippen LogP contribution in [0.1, 0.15) is 12.0 Å². The lowest BCUT2D eigenvalue weighted by Crippen LogP contribution is -2.20. The molecule has 0 saturated carbocycles. The van der Waals surface area contributed by atoms with Gasteiger partial charge in [-0.3, -0.25) is 4.79 Å². The van der Waals surface area contributed by atoms with Gasteiger partial charge in [0, 0.05) is 25.0 Å². The topological polar surface area (TPSA) is 58.4 Å². The van der Waals surface area contributed by atoms with Crippen LogP contribution in [0.4, 0.5) is 11.4 Å². The van der Waals surface area contributed by atoms with Gasteiger partial charge < -0.3 is 16.0 Å². The number of carbonyl (C=O) groups is 1. The number of hydrogen-bond donors (Lipinski definition) is 2. The minimum atomic E-state index is 0.0803. The van der Waals surface area contributed by atoms with Crippen LogP contribution in [0.25, 0.3) is 0 Å². The quantitative estimate of drug-likeness (QED) is 0.793. The Morgan fingerprint density at radius 2 is 2.31 bits per heavy atom. The van der Waals surface area contributed by atoms with Crippen LogP contribution < -0.4 is 16.0 Å². The molecule has 0 radical (unpaired) electrons. The van der Waals surface area contributed by atoms with Crippen LogP contribution >= 0.6 is 0 Å². The Morgan fingerprint density at radius 1 is 1.50 bits per heavy atom. The number of anilines is 2. The van der Waals surface area contributed by atoms with E-state index in [0.29, 0.717) is 13.0 Å². The average molecular weight is 219 g/mol. The van der Waals surface area contributed by atoms with E-state index in [1.54, 1.807) is 0 Å². The first-order chi connectivity index (χ1) is 7.70. The van der Waals surface area contributed by atoms with Crippen LogP contribution in [-0.2, 0) is 11.2 Å². The predicted octanol–water partition coefficient (Wildman–Crippen LogP) is 0.966. The number of benzene rings is 1. The van der Waals surface area contributed by atoms with Crippen molar-refractivity contribution in [3.63, 3.8) is 0 Å². The Kier molecular flexibility index (Phi) is 3.10. The lowest BCUT2D eigenvalue weighted by molar-refractivity contribution is -0.115. The van der Waals surface area contributed by atoms with Gasteiger partial charge in [-0.25, -0.2) is 0 Å². The molecule has 1 heterocycles. The van der Waals surface area contributed by atoms with E-state index >= 15 is 0 Å². The standard InChI is InChI=1S/C12H17N3O/c1-15(6-2-5-13)10-3-4-11-9(7-10)8-12(16)14-11/h3-4,7H,2,5-6,8,13H2,1H3,(H,14,16). The summed E-state index contributed by atoms with van der Waals surface area (Å²) >= 11 is 0. The maximum Gasteiger partial charge on any atom is 0.228 e. The van der Waals surface area contributed by atoms with Crippen molar-refractivity contribution in [2.24, 2.45) is 5.73 Å². The van der Waals surface area contributed by atoms with Crippen LogP contribution in [-0.4, -0.2) is 26.0 Å². The summed E-state index contributed by atoms with van der Waals surface area (Å²) in [4.78, 5) is 13.4. The van der Waals surface area contributed by atoms with Gasteiger partial charge in [-0.2, -0.15) is 0 Å². The first-order valence-corrected chi connectivity index (χ1v) is 5.54. The molecule has 0 spiro atoms. The van der Waals surface area contributed by atoms with E-state index in [-0.39, 0.29) is 5.91 Å². The van der Waals surface area contributed by atoms with Gasteiger partial charge in [-0.1, -0.05) is 0 Å². The summed E-state index contributed by atoms with van der Waals surface area (Å²) in [6.45, 7) is 1.64. The van der Waals surface area contributed by atoms with Gasteiger partial charge in [0.1, 0.15) is 0 Å². The third-order valence-corrected chi connectivity index (χ3v) is 2.85. The molecular formula is C12H17N3O. The van der Waals surface area contributed by atoms with Gasteiger partial charge >= 0.3 is 0 Å². The number of rotatable bonds is 4. The zero-order chi connectivity index (χ0) is 11.5. The SMILES string of the molecule is CN(CCCN)c1ccc2c(c1)CC(=O)N2. The molecule has 0 bridgehead atoms. The molecule has 1 amide bonds. The third kappa shape index (κ3) is 2.17. The fraction of sp³-hybridized carbons (Fsp3) is 0.417. The highest BCUT2D eigenvalue weighted by molar-refractivity contribution is 5.99. The normalized spacial score (nSPS) is 13.5. The van der Waals surface area contributed by atoms with Crippen molar-refractivity contribution < 1.29 is 4.79 Å². The van der Waals surface area contributed by atoms with E-state index in [2.05, 4.69) is 16.3 Å². The van der Waals surface area contributed by atoms with Crippen molar-refractivity contribution in [2.75, 3.05) is 30.4 Å². The third-order valence-electron chi connectivity index (χ3n) is 2.85. The number of hydrogen-bond acceptors (Lipinski definition) is 3. The first-order valence-electron chi connectivity index (χ1n) is 5.54. The summed E-state index contributed by atoms with van der Waals surface area (Å²) in [6.07, 6.45) is 1.47. The molecule has 3 N–H and O–H groups in total. The molecule has 1 aromatic rings. The Hall–Kier alpha value is -1.55. The molecule has 1 aliphatic heterocycles. The Bertz CT molecular complexity index is 403. The van der Waals surface area contributed by atoms with E-state index in [1.165, 1.54) is 0 Å². The second-order valence-electron chi connectivity index (χ2n) is 4.13. The molecule has 1 aliphatic rings. The summed E-state index contributed by atoms with van der Waals surface area (Å²) < 4.78 is 0. The molecule has 86 valence electrons. The lowest BCUT2D eigenvalue weighted by Gasteiger charge is -2.19. The molecule has 0 fully saturated rings. The monoisotopic (exact) mass is 219 g/mol. The molecule has 0 unspecified atom stereocenters. The average Bonchev–Trinajstić information content (AvgIpc) is 2.64. The summed E-state index contributed by atoms with van der Waals surface area (Å²) in [5.41, 5.74) is 8.65. The highest BCUT2D eigenvalue weighted by Crippen LogP contribution is 2.27. The summed E-state index contributed by atoms with van der Waals surface area (Å²) in [7, 11) is 2.04. The van der Waals surface area contributed by atoms with Crippen LogP contribution in [0.2, 0.25) is 0 Å². The van der Waals surface area contributed by atoms with Gasteiger partial charge in [-0.05, 0) is 36.7 Å². The molecular weight excluding hydrogens is 202 g/mol. The van der Waals surface area contributed by atoms with Gasteiger partial charge in [0.15, 0.2) is 0 Å². The minimum Gasteiger partial charge on any atom is -0.375 e. The molecule has 4 nitrogen and oxygen atoms in total. The van der Waals surface area contributed by atoms with E-state index in [0.717, 1.165) is 29.9 Å². The van der Waals surface area contributed by atoms with Crippen molar-refractivity contribution in [3.05, 3.63) is 23.8 Å². The van der Waals surface area contributed by atoms with E-state index in [4.69, 9.17) is 5.73 Å². The fourth-order valence-corrected chi connectivity index (χ4v) is 1.91. The van der Waals surface area contributed by atoms with E-state index < -0.39 is 0 Å². The summed E-state index contributed by atoms with van der Waals surface area (Å²) in [5, 5.41) is 2.83. The van der Waals surface area contributed by atoms with Crippen molar-refractivity contribution in [1.29, 1.82) is 0 Å². The van der Waals surface area contributed by atoms with Crippen molar-refractivity contribution in [3.8, 4) is 0 Å². The lowest BCUT2D eigenvalue weighted by atomic mass is 10.1. The first kappa shape index (κ1) is 11.0. The minimum absolute atomic E-state index is 0.0803. The highest BCUT2D eigenvalue weighted by atomic mass is 16.1. The molecule has 4 heteroatoms. The van der Waals surface area contributed by atoms with Crippen LogP contribution in [0.3, 0.4) is 0 Å². The van der Waals surface area contributed by atoms with Crippen molar-refractivity contribution in [1.82, 2.24) is 0 Å². The zero-order valence-corrected chi connectivity index (χ0v) is 9.49. The predicted molar refractivity (Wildman–Crippen MR) is 65.7 cm³/mol. The number of amides is 1. The number of carbonyl (C=O) groups excluding carboxylic acids is 1. The van der Waals surface area contributed by atoms with Gasteiger partial charge in [0.25, 0.3) is 0 Å². The second kappa shape index (κ2) is 4.53. The van der Waals surface area contributed by atoms with Crippen LogP contribution in [0.5, 0.6) is 0 Å². The summed E-state index contributed by atoms with van der Waals surface area (Å²) in [6, 6.07) is 6.07. The molecule has 2 rings (SSSR count).